The van der Waals surface area contributed by atoms with Gasteiger partial charge in [0.2, 0.25) is 0 Å². The van der Waals surface area contributed by atoms with Crippen LogP contribution in [0.5, 0.6) is 0 Å². The molecule has 0 radical (unpaired) electrons. The first-order valence-corrected chi connectivity index (χ1v) is 11.6. The second-order valence-electron chi connectivity index (χ2n) is 8.61. The zero-order valence-corrected chi connectivity index (χ0v) is 19.0. The summed E-state index contributed by atoms with van der Waals surface area (Å²) in [5.41, 5.74) is 3.05. The zero-order chi connectivity index (χ0) is 21.3. The molecule has 1 saturated carbocycles. The Hall–Kier alpha value is -1.63. The summed E-state index contributed by atoms with van der Waals surface area (Å²) in [5, 5.41) is 11.7. The third-order valence-electron chi connectivity index (χ3n) is 6.60. The van der Waals surface area contributed by atoms with Crippen molar-refractivity contribution in [2.24, 2.45) is 18.9 Å². The van der Waals surface area contributed by atoms with Crippen LogP contribution in [0.3, 0.4) is 0 Å². The average Bonchev–Trinajstić information content (AvgIpc) is 3.06. The third-order valence-corrected chi connectivity index (χ3v) is 7.27. The number of carbonyl (C=O) groups is 1. The minimum atomic E-state index is -0.127. The predicted molar refractivity (Wildman–Crippen MR) is 120 cm³/mol. The van der Waals surface area contributed by atoms with Gasteiger partial charge in [0.25, 0.3) is 5.91 Å². The van der Waals surface area contributed by atoms with Crippen LogP contribution in [0.1, 0.15) is 48.2 Å². The number of halogens is 2. The number of alkyl halides is 1. The first kappa shape index (κ1) is 21.6. The van der Waals surface area contributed by atoms with E-state index >= 15 is 0 Å². The summed E-state index contributed by atoms with van der Waals surface area (Å²) in [4.78, 5) is 17.5. The lowest BCUT2D eigenvalue weighted by molar-refractivity contribution is 0.0868. The van der Waals surface area contributed by atoms with Crippen LogP contribution in [0.25, 0.3) is 11.3 Å². The van der Waals surface area contributed by atoms with E-state index in [0.29, 0.717) is 22.6 Å². The Morgan fingerprint density at radius 1 is 1.30 bits per heavy atom. The maximum atomic E-state index is 13.0. The molecule has 2 aromatic rings. The number of hydrogen-bond donors (Lipinski definition) is 2. The van der Waals surface area contributed by atoms with E-state index in [9.17, 15) is 4.79 Å². The number of carbonyl (C=O) groups excluding carboxylic acids is 1. The Bertz CT molecular complexity index is 895. The Balaban J connectivity index is 1.49. The molecular weight excluding hydrogens is 421 g/mol. The molecule has 1 saturated heterocycles. The molecule has 30 heavy (non-hydrogen) atoms. The van der Waals surface area contributed by atoms with Gasteiger partial charge >= 0.3 is 0 Å². The van der Waals surface area contributed by atoms with Gasteiger partial charge < -0.3 is 10.6 Å². The summed E-state index contributed by atoms with van der Waals surface area (Å²) in [6.07, 6.45) is 8.95. The molecule has 162 valence electrons. The number of rotatable bonds is 4. The van der Waals surface area contributed by atoms with Gasteiger partial charge in [-0.25, -0.2) is 0 Å². The van der Waals surface area contributed by atoms with Crippen molar-refractivity contribution in [3.63, 3.8) is 0 Å². The van der Waals surface area contributed by atoms with E-state index in [0.717, 1.165) is 49.2 Å². The van der Waals surface area contributed by atoms with Crippen molar-refractivity contribution in [3.8, 4) is 11.3 Å². The van der Waals surface area contributed by atoms with Gasteiger partial charge in [-0.1, -0.05) is 24.4 Å². The molecule has 6 nitrogen and oxygen atoms in total. The van der Waals surface area contributed by atoms with E-state index in [-0.39, 0.29) is 17.3 Å². The minimum absolute atomic E-state index is 0.103. The molecule has 0 bridgehead atoms. The second-order valence-corrected chi connectivity index (χ2v) is 9.63. The molecule has 1 aliphatic heterocycles. The van der Waals surface area contributed by atoms with Gasteiger partial charge in [-0.3, -0.25) is 14.5 Å². The number of pyridine rings is 1. The molecule has 1 amide bonds. The number of piperidine rings is 1. The minimum Gasteiger partial charge on any atom is -0.346 e. The largest absolute Gasteiger partial charge is 0.346 e. The highest BCUT2D eigenvalue weighted by molar-refractivity contribution is 6.33. The number of nitrogens with zero attached hydrogens (tertiary/aromatic N) is 3. The smallest absolute Gasteiger partial charge is 0.270 e. The molecule has 0 aromatic carbocycles. The monoisotopic (exact) mass is 449 g/mol. The van der Waals surface area contributed by atoms with Crippen LogP contribution >= 0.6 is 23.2 Å². The van der Waals surface area contributed by atoms with Crippen LogP contribution < -0.4 is 10.6 Å². The van der Waals surface area contributed by atoms with Crippen LogP contribution in [0.2, 0.25) is 5.02 Å². The van der Waals surface area contributed by atoms with Crippen molar-refractivity contribution >= 4 is 29.1 Å². The highest BCUT2D eigenvalue weighted by atomic mass is 35.5. The van der Waals surface area contributed by atoms with E-state index in [1.807, 2.05) is 20.0 Å². The first-order valence-electron chi connectivity index (χ1n) is 10.7. The normalized spacial score (nSPS) is 27.1. The molecule has 3 unspecified atom stereocenters. The molecule has 2 aromatic heterocycles. The fourth-order valence-electron chi connectivity index (χ4n) is 5.04. The molecule has 8 heteroatoms. The number of aromatic nitrogens is 3. The molecule has 1 aliphatic carbocycles. The van der Waals surface area contributed by atoms with Gasteiger partial charge in [0, 0.05) is 36.8 Å². The fourth-order valence-corrected chi connectivity index (χ4v) is 5.69. The molecule has 3 heterocycles. The van der Waals surface area contributed by atoms with Crippen molar-refractivity contribution in [2.45, 2.75) is 50.4 Å². The lowest BCUT2D eigenvalue weighted by Gasteiger charge is -2.40. The van der Waals surface area contributed by atoms with Gasteiger partial charge in [0.1, 0.15) is 5.69 Å². The topological polar surface area (TPSA) is 71.8 Å². The summed E-state index contributed by atoms with van der Waals surface area (Å²) in [6, 6.07) is 1.93. The third kappa shape index (κ3) is 4.51. The van der Waals surface area contributed by atoms with Crippen LogP contribution in [0.4, 0.5) is 0 Å². The summed E-state index contributed by atoms with van der Waals surface area (Å²) in [7, 11) is 1.84. The van der Waals surface area contributed by atoms with Crippen molar-refractivity contribution in [1.82, 2.24) is 25.4 Å². The Kier molecular flexibility index (Phi) is 6.66. The average molecular weight is 450 g/mol. The van der Waals surface area contributed by atoms with Gasteiger partial charge in [-0.05, 0) is 56.2 Å². The molecule has 0 spiro atoms. The standard InChI is InChI=1S/C22H29Cl2N5O/c1-13-8-19(26-10-17(13)21-18(24)11-27-29(21)2)22(30)28-20-12-25-7-6-16(20)14-4-3-5-15(23)9-14/h8,10-11,14-16,20,25H,3-7,9,12H2,1-2H3,(H,28,30)/t14?,15?,16?,20-/m0/s1. The Labute approximate surface area is 187 Å². The van der Waals surface area contributed by atoms with Crippen LogP contribution in [0, 0.1) is 18.8 Å². The van der Waals surface area contributed by atoms with Crippen LogP contribution in [-0.2, 0) is 7.05 Å². The van der Waals surface area contributed by atoms with Crippen molar-refractivity contribution in [2.75, 3.05) is 13.1 Å². The molecule has 2 N–H and O–H groups in total. The second kappa shape index (κ2) is 9.25. The fraction of sp³-hybridized carbons (Fsp3) is 0.591. The number of amides is 1. The lowest BCUT2D eigenvalue weighted by atomic mass is 9.73. The molecule has 4 rings (SSSR count). The quantitative estimate of drug-likeness (QED) is 0.692. The number of nitrogens with one attached hydrogen (secondary N) is 2. The number of hydrogen-bond acceptors (Lipinski definition) is 4. The van der Waals surface area contributed by atoms with Gasteiger partial charge in [-0.15, -0.1) is 11.6 Å². The molecule has 4 atom stereocenters. The Morgan fingerprint density at radius 3 is 2.83 bits per heavy atom. The van der Waals surface area contributed by atoms with E-state index in [1.165, 1.54) is 12.8 Å². The summed E-state index contributed by atoms with van der Waals surface area (Å²) >= 11 is 12.7. The lowest BCUT2D eigenvalue weighted by Crippen LogP contribution is -2.53. The summed E-state index contributed by atoms with van der Waals surface area (Å²) < 4.78 is 1.72. The Morgan fingerprint density at radius 2 is 2.13 bits per heavy atom. The van der Waals surface area contributed by atoms with E-state index in [1.54, 1.807) is 17.1 Å². The van der Waals surface area contributed by atoms with E-state index in [4.69, 9.17) is 23.2 Å². The van der Waals surface area contributed by atoms with Gasteiger partial charge in [-0.2, -0.15) is 5.10 Å². The maximum absolute atomic E-state index is 13.0. The maximum Gasteiger partial charge on any atom is 0.270 e. The van der Waals surface area contributed by atoms with Gasteiger partial charge in [0.05, 0.1) is 16.9 Å². The van der Waals surface area contributed by atoms with Crippen molar-refractivity contribution in [1.29, 1.82) is 0 Å². The molecule has 2 aliphatic rings. The number of aryl methyl sites for hydroxylation is 2. The highest BCUT2D eigenvalue weighted by Gasteiger charge is 2.35. The van der Waals surface area contributed by atoms with Crippen LogP contribution in [-0.4, -0.2) is 45.2 Å². The molecule has 2 fully saturated rings. The highest BCUT2D eigenvalue weighted by Crippen LogP contribution is 2.37. The summed E-state index contributed by atoms with van der Waals surface area (Å²) in [5.74, 6) is 0.917. The van der Waals surface area contributed by atoms with Crippen molar-refractivity contribution < 1.29 is 4.79 Å². The first-order chi connectivity index (χ1) is 14.4. The van der Waals surface area contributed by atoms with Gasteiger partial charge in [0.15, 0.2) is 0 Å². The van der Waals surface area contributed by atoms with Crippen molar-refractivity contribution in [3.05, 3.63) is 34.7 Å². The summed E-state index contributed by atoms with van der Waals surface area (Å²) in [6.45, 7) is 3.75. The van der Waals surface area contributed by atoms with E-state index in [2.05, 4.69) is 20.7 Å². The predicted octanol–water partition coefficient (Wildman–Crippen LogP) is 3.95. The van der Waals surface area contributed by atoms with E-state index < -0.39 is 0 Å². The SMILES string of the molecule is Cc1cc(C(=O)N[C@H]2CNCCC2C2CCCC(Cl)C2)ncc1-c1c(Cl)cnn1C. The van der Waals surface area contributed by atoms with Crippen LogP contribution in [0.15, 0.2) is 18.5 Å². The zero-order valence-electron chi connectivity index (χ0n) is 17.5. The molecular formula is C22H29Cl2N5O.